The molecule has 0 unspecified atom stereocenters. The Bertz CT molecular complexity index is 523. The van der Waals surface area contributed by atoms with Gasteiger partial charge < -0.3 is 4.57 Å². The normalized spacial score (nSPS) is 10.3. The Morgan fingerprint density at radius 3 is 2.73 bits per heavy atom. The van der Waals surface area contributed by atoms with Gasteiger partial charge in [-0.05, 0) is 42.3 Å². The van der Waals surface area contributed by atoms with Crippen molar-refractivity contribution in [3.05, 3.63) is 58.5 Å². The highest BCUT2D eigenvalue weighted by Gasteiger charge is 2.02. The average molecular weight is 198 g/mol. The van der Waals surface area contributed by atoms with Crippen LogP contribution in [0.5, 0.6) is 0 Å². The number of hydrogen-bond acceptors (Lipinski definition) is 1. The fourth-order valence-electron chi connectivity index (χ4n) is 1.49. The van der Waals surface area contributed by atoms with E-state index in [4.69, 9.17) is 0 Å². The number of hydrogen-bond donors (Lipinski definition) is 0. The van der Waals surface area contributed by atoms with E-state index in [-0.39, 0.29) is 5.56 Å². The van der Waals surface area contributed by atoms with Crippen molar-refractivity contribution in [2.75, 3.05) is 0 Å². The van der Waals surface area contributed by atoms with Gasteiger partial charge in [-0.25, -0.2) is 0 Å². The molecule has 0 aliphatic carbocycles. The molecule has 0 aliphatic rings. The van der Waals surface area contributed by atoms with Gasteiger partial charge in [0.25, 0.3) is 5.56 Å². The quantitative estimate of drug-likeness (QED) is 0.688. The van der Waals surface area contributed by atoms with E-state index < -0.39 is 0 Å². The fraction of sp³-hybridized carbons (Fsp3) is 0.154. The van der Waals surface area contributed by atoms with Gasteiger partial charge in [0.2, 0.25) is 0 Å². The highest BCUT2D eigenvalue weighted by atomic mass is 16.1. The van der Waals surface area contributed by atoms with Gasteiger partial charge in [-0.3, -0.25) is 4.79 Å². The Morgan fingerprint density at radius 2 is 2.07 bits per heavy atom. The van der Waals surface area contributed by atoms with Crippen LogP contribution in [-0.2, 0) is 7.05 Å². The summed E-state index contributed by atoms with van der Waals surface area (Å²) < 4.78 is 1.58. The van der Waals surface area contributed by atoms with Crippen LogP contribution in [0.1, 0.15) is 5.56 Å². The van der Waals surface area contributed by atoms with Crippen LogP contribution in [0, 0.1) is 13.0 Å². The van der Waals surface area contributed by atoms with Crippen LogP contribution in [0.3, 0.4) is 0 Å². The zero-order valence-corrected chi connectivity index (χ0v) is 8.82. The molecule has 0 spiro atoms. The van der Waals surface area contributed by atoms with Gasteiger partial charge >= 0.3 is 0 Å². The summed E-state index contributed by atoms with van der Waals surface area (Å²) in [5.41, 5.74) is 2.74. The molecule has 0 saturated heterocycles. The molecule has 75 valence electrons. The zero-order valence-electron chi connectivity index (χ0n) is 8.82. The summed E-state index contributed by atoms with van der Waals surface area (Å²) in [5, 5.41) is 0. The fourth-order valence-corrected chi connectivity index (χ4v) is 1.49. The molecular weight excluding hydrogens is 186 g/mol. The molecule has 2 rings (SSSR count). The zero-order chi connectivity index (χ0) is 10.8. The van der Waals surface area contributed by atoms with E-state index in [0.717, 1.165) is 16.7 Å². The standard InChI is InChI=1S/C13H12NO/c1-10-5-7-11(8-6-10)12-4-3-9-14(2)13(12)15/h3-5,7-9H,1-2H3. The third-order valence-electron chi connectivity index (χ3n) is 2.40. The Labute approximate surface area is 88.8 Å². The molecule has 2 nitrogen and oxygen atoms in total. The van der Waals surface area contributed by atoms with E-state index in [1.54, 1.807) is 17.8 Å². The molecule has 0 atom stereocenters. The summed E-state index contributed by atoms with van der Waals surface area (Å²) in [4.78, 5) is 11.8. The Balaban J connectivity index is 2.59. The molecule has 2 heteroatoms. The van der Waals surface area contributed by atoms with Crippen molar-refractivity contribution in [1.82, 2.24) is 4.57 Å². The van der Waals surface area contributed by atoms with E-state index in [1.165, 1.54) is 0 Å². The van der Waals surface area contributed by atoms with E-state index in [2.05, 4.69) is 6.07 Å². The summed E-state index contributed by atoms with van der Waals surface area (Å²) in [7, 11) is 1.75. The Kier molecular flexibility index (Phi) is 2.42. The van der Waals surface area contributed by atoms with Crippen molar-refractivity contribution >= 4 is 0 Å². The van der Waals surface area contributed by atoms with Crippen molar-refractivity contribution < 1.29 is 0 Å². The van der Waals surface area contributed by atoms with Crippen LogP contribution in [0.25, 0.3) is 11.1 Å². The topological polar surface area (TPSA) is 22.0 Å². The van der Waals surface area contributed by atoms with Gasteiger partial charge in [-0.15, -0.1) is 0 Å². The monoisotopic (exact) mass is 198 g/mol. The third-order valence-corrected chi connectivity index (χ3v) is 2.40. The Hall–Kier alpha value is -1.83. The number of aryl methyl sites for hydroxylation is 2. The summed E-state index contributed by atoms with van der Waals surface area (Å²) in [5.74, 6) is 0. The number of aromatic nitrogens is 1. The number of benzene rings is 1. The molecule has 0 fully saturated rings. The van der Waals surface area contributed by atoms with Crippen LogP contribution in [0.4, 0.5) is 0 Å². The number of pyridine rings is 1. The van der Waals surface area contributed by atoms with Crippen LogP contribution < -0.4 is 5.56 Å². The van der Waals surface area contributed by atoms with E-state index >= 15 is 0 Å². The van der Waals surface area contributed by atoms with Crippen molar-refractivity contribution in [2.45, 2.75) is 6.92 Å². The highest BCUT2D eigenvalue weighted by molar-refractivity contribution is 5.62. The maximum absolute atomic E-state index is 11.8. The molecule has 1 heterocycles. The van der Waals surface area contributed by atoms with Crippen LogP contribution >= 0.6 is 0 Å². The van der Waals surface area contributed by atoms with Crippen LogP contribution in [0.15, 0.2) is 41.3 Å². The first-order chi connectivity index (χ1) is 7.18. The van der Waals surface area contributed by atoms with Gasteiger partial charge in [0, 0.05) is 18.8 Å². The molecule has 0 bridgehead atoms. The van der Waals surface area contributed by atoms with Gasteiger partial charge in [0.15, 0.2) is 0 Å². The van der Waals surface area contributed by atoms with Crippen LogP contribution in [-0.4, -0.2) is 4.57 Å². The average Bonchev–Trinajstić information content (AvgIpc) is 2.24. The summed E-state index contributed by atoms with van der Waals surface area (Å²) in [6, 6.07) is 12.6. The predicted octanol–water partition coefficient (Wildman–Crippen LogP) is 2.16. The lowest BCUT2D eigenvalue weighted by Crippen LogP contribution is -2.17. The van der Waals surface area contributed by atoms with Gasteiger partial charge in [-0.2, -0.15) is 0 Å². The van der Waals surface area contributed by atoms with Crippen molar-refractivity contribution in [3.63, 3.8) is 0 Å². The molecule has 15 heavy (non-hydrogen) atoms. The molecule has 1 radical (unpaired) electrons. The van der Waals surface area contributed by atoms with E-state index in [9.17, 15) is 4.79 Å². The molecular formula is C13H12NO. The number of nitrogens with zero attached hydrogens (tertiary/aromatic N) is 1. The first-order valence-corrected chi connectivity index (χ1v) is 4.83. The highest BCUT2D eigenvalue weighted by Crippen LogP contribution is 2.14. The lowest BCUT2D eigenvalue weighted by atomic mass is 10.1. The second kappa shape index (κ2) is 3.73. The molecule has 1 aromatic heterocycles. The second-order valence-corrected chi connectivity index (χ2v) is 3.60. The van der Waals surface area contributed by atoms with Crippen molar-refractivity contribution in [1.29, 1.82) is 0 Å². The molecule has 0 N–H and O–H groups in total. The van der Waals surface area contributed by atoms with Gasteiger partial charge in [0.05, 0.1) is 0 Å². The predicted molar refractivity (Wildman–Crippen MR) is 60.7 cm³/mol. The first kappa shape index (κ1) is 9.71. The van der Waals surface area contributed by atoms with Crippen LogP contribution in [0.2, 0.25) is 0 Å². The van der Waals surface area contributed by atoms with Gasteiger partial charge in [-0.1, -0.05) is 12.1 Å². The minimum atomic E-state index is 0.0229. The minimum absolute atomic E-state index is 0.0229. The van der Waals surface area contributed by atoms with Gasteiger partial charge in [0.1, 0.15) is 0 Å². The smallest absolute Gasteiger partial charge is 0.258 e. The molecule has 0 aliphatic heterocycles. The Morgan fingerprint density at radius 1 is 1.27 bits per heavy atom. The first-order valence-electron chi connectivity index (χ1n) is 4.83. The summed E-state index contributed by atoms with van der Waals surface area (Å²) in [6.07, 6.45) is 1.75. The second-order valence-electron chi connectivity index (χ2n) is 3.60. The molecule has 2 aromatic rings. The molecule has 0 saturated carbocycles. The van der Waals surface area contributed by atoms with Crippen molar-refractivity contribution in [3.8, 4) is 11.1 Å². The molecule has 0 amide bonds. The SMILES string of the molecule is Cc1[c]cc(-c2cccn(C)c2=O)cc1. The maximum Gasteiger partial charge on any atom is 0.258 e. The lowest BCUT2D eigenvalue weighted by Gasteiger charge is -2.03. The molecule has 1 aromatic carbocycles. The summed E-state index contributed by atoms with van der Waals surface area (Å²) in [6.45, 7) is 1.98. The largest absolute Gasteiger partial charge is 0.318 e. The van der Waals surface area contributed by atoms with Crippen molar-refractivity contribution in [2.24, 2.45) is 7.05 Å². The third kappa shape index (κ3) is 1.84. The summed E-state index contributed by atoms with van der Waals surface area (Å²) >= 11 is 0. The number of rotatable bonds is 1. The van der Waals surface area contributed by atoms with E-state index in [1.807, 2.05) is 37.3 Å². The lowest BCUT2D eigenvalue weighted by molar-refractivity contribution is 0.863. The minimum Gasteiger partial charge on any atom is -0.318 e. The maximum atomic E-state index is 11.8. The van der Waals surface area contributed by atoms with E-state index in [0.29, 0.717) is 0 Å².